The average molecular weight is 287 g/mol. The first kappa shape index (κ1) is 13.9. The molecule has 0 saturated carbocycles. The van der Waals surface area contributed by atoms with Crippen molar-refractivity contribution in [3.63, 3.8) is 0 Å². The summed E-state index contributed by atoms with van der Waals surface area (Å²) >= 11 is 12.0. The Morgan fingerprint density at radius 3 is 2.39 bits per heavy atom. The van der Waals surface area contributed by atoms with E-state index in [2.05, 4.69) is 0 Å². The van der Waals surface area contributed by atoms with E-state index in [1.165, 1.54) is 0 Å². The van der Waals surface area contributed by atoms with Crippen LogP contribution in [0.1, 0.15) is 31.1 Å². The third-order valence-electron chi connectivity index (χ3n) is 3.74. The summed E-state index contributed by atoms with van der Waals surface area (Å²) < 4.78 is 5.70. The Bertz CT molecular complexity index is 473. The van der Waals surface area contributed by atoms with E-state index in [0.29, 0.717) is 15.6 Å². The van der Waals surface area contributed by atoms with Crippen molar-refractivity contribution >= 4 is 29.0 Å². The van der Waals surface area contributed by atoms with Gasteiger partial charge in [0.2, 0.25) is 0 Å². The standard InChI is InChI=1S/C14H16Cl2O2/c1-7-8(2)18-9(3)13(7)14(17)11-6-10(15)4-5-12(11)16/h4-9,13H,1-3H3. The Labute approximate surface area is 117 Å². The largest absolute Gasteiger partial charge is 0.374 e. The molecule has 1 aliphatic heterocycles. The van der Waals surface area contributed by atoms with Gasteiger partial charge in [-0.25, -0.2) is 0 Å². The molecule has 2 rings (SSSR count). The lowest BCUT2D eigenvalue weighted by atomic mass is 9.83. The number of hydrogen-bond donors (Lipinski definition) is 0. The fourth-order valence-corrected chi connectivity index (χ4v) is 2.97. The van der Waals surface area contributed by atoms with Gasteiger partial charge in [0.25, 0.3) is 0 Å². The molecule has 2 nitrogen and oxygen atoms in total. The molecule has 0 radical (unpaired) electrons. The van der Waals surface area contributed by atoms with Crippen LogP contribution in [0.2, 0.25) is 10.0 Å². The molecule has 1 aromatic rings. The molecule has 18 heavy (non-hydrogen) atoms. The van der Waals surface area contributed by atoms with Crippen molar-refractivity contribution in [2.24, 2.45) is 11.8 Å². The summed E-state index contributed by atoms with van der Waals surface area (Å²) in [5.74, 6) is 0.0466. The van der Waals surface area contributed by atoms with Gasteiger partial charge in [-0.3, -0.25) is 4.79 Å². The number of halogens is 2. The van der Waals surface area contributed by atoms with Gasteiger partial charge < -0.3 is 4.74 Å². The predicted molar refractivity (Wildman–Crippen MR) is 73.5 cm³/mol. The van der Waals surface area contributed by atoms with E-state index in [-0.39, 0.29) is 29.8 Å². The van der Waals surface area contributed by atoms with Crippen LogP contribution in [-0.4, -0.2) is 18.0 Å². The third kappa shape index (κ3) is 2.42. The molecular weight excluding hydrogens is 271 g/mol. The number of ketones is 1. The van der Waals surface area contributed by atoms with E-state index in [1.807, 2.05) is 20.8 Å². The van der Waals surface area contributed by atoms with E-state index in [0.717, 1.165) is 0 Å². The maximum atomic E-state index is 12.6. The SMILES string of the molecule is CC1OC(C)C(C(=O)c2cc(Cl)ccc2Cl)C1C. The van der Waals surface area contributed by atoms with Gasteiger partial charge in [0.1, 0.15) is 0 Å². The molecule has 98 valence electrons. The topological polar surface area (TPSA) is 26.3 Å². The molecule has 0 N–H and O–H groups in total. The highest BCUT2D eigenvalue weighted by molar-refractivity contribution is 6.36. The van der Waals surface area contributed by atoms with Gasteiger partial charge in [-0.05, 0) is 38.0 Å². The number of carbonyl (C=O) groups excluding carboxylic acids is 1. The molecule has 1 aromatic carbocycles. The molecule has 0 aromatic heterocycles. The zero-order chi connectivity index (χ0) is 13.4. The second kappa shape index (κ2) is 5.20. The second-order valence-electron chi connectivity index (χ2n) is 4.92. The molecular formula is C14H16Cl2O2. The number of Topliss-reactive ketones (excluding diaryl/α,β-unsaturated/α-hetero) is 1. The molecule has 0 aliphatic carbocycles. The van der Waals surface area contributed by atoms with Gasteiger partial charge in [-0.15, -0.1) is 0 Å². The van der Waals surface area contributed by atoms with Crippen LogP contribution < -0.4 is 0 Å². The zero-order valence-electron chi connectivity index (χ0n) is 10.6. The molecule has 4 heteroatoms. The summed E-state index contributed by atoms with van der Waals surface area (Å²) in [7, 11) is 0. The van der Waals surface area contributed by atoms with Crippen LogP contribution in [0.3, 0.4) is 0 Å². The minimum atomic E-state index is -0.157. The Morgan fingerprint density at radius 2 is 1.83 bits per heavy atom. The van der Waals surface area contributed by atoms with Crippen molar-refractivity contribution in [1.29, 1.82) is 0 Å². The van der Waals surface area contributed by atoms with Crippen molar-refractivity contribution in [3.05, 3.63) is 33.8 Å². The average Bonchev–Trinajstić information content (AvgIpc) is 2.56. The summed E-state index contributed by atoms with van der Waals surface area (Å²) in [4.78, 5) is 12.6. The summed E-state index contributed by atoms with van der Waals surface area (Å²) in [5, 5.41) is 0.971. The Balaban J connectivity index is 2.34. The second-order valence-corrected chi connectivity index (χ2v) is 5.76. The summed E-state index contributed by atoms with van der Waals surface area (Å²) in [5.41, 5.74) is 0.491. The van der Waals surface area contributed by atoms with Gasteiger partial charge in [0, 0.05) is 10.6 Å². The van der Waals surface area contributed by atoms with E-state index >= 15 is 0 Å². The van der Waals surface area contributed by atoms with Crippen LogP contribution in [0, 0.1) is 11.8 Å². The van der Waals surface area contributed by atoms with Gasteiger partial charge >= 0.3 is 0 Å². The van der Waals surface area contributed by atoms with Crippen molar-refractivity contribution in [1.82, 2.24) is 0 Å². The molecule has 1 saturated heterocycles. The van der Waals surface area contributed by atoms with Gasteiger partial charge in [-0.2, -0.15) is 0 Å². The van der Waals surface area contributed by atoms with Gasteiger partial charge in [0.05, 0.1) is 23.1 Å². The van der Waals surface area contributed by atoms with Crippen LogP contribution in [0.5, 0.6) is 0 Å². The van der Waals surface area contributed by atoms with E-state index in [1.54, 1.807) is 18.2 Å². The molecule has 4 atom stereocenters. The molecule has 1 fully saturated rings. The highest BCUT2D eigenvalue weighted by Gasteiger charge is 2.42. The fraction of sp³-hybridized carbons (Fsp3) is 0.500. The molecule has 1 aliphatic rings. The molecule has 0 bridgehead atoms. The Kier molecular flexibility index (Phi) is 4.00. The summed E-state index contributed by atoms with van der Waals surface area (Å²) in [6.45, 7) is 5.96. The minimum absolute atomic E-state index is 0.0202. The van der Waals surface area contributed by atoms with Gasteiger partial charge in [-0.1, -0.05) is 30.1 Å². The highest BCUT2D eigenvalue weighted by atomic mass is 35.5. The van der Waals surface area contributed by atoms with Crippen molar-refractivity contribution in [2.45, 2.75) is 33.0 Å². The first-order chi connectivity index (χ1) is 8.41. The van der Waals surface area contributed by atoms with E-state index in [9.17, 15) is 4.79 Å². The van der Waals surface area contributed by atoms with Crippen LogP contribution in [0.15, 0.2) is 18.2 Å². The molecule has 4 unspecified atom stereocenters. The van der Waals surface area contributed by atoms with E-state index in [4.69, 9.17) is 27.9 Å². The van der Waals surface area contributed by atoms with Gasteiger partial charge in [0.15, 0.2) is 5.78 Å². The monoisotopic (exact) mass is 286 g/mol. The maximum absolute atomic E-state index is 12.6. The smallest absolute Gasteiger partial charge is 0.170 e. The molecule has 0 amide bonds. The summed E-state index contributed by atoms with van der Waals surface area (Å²) in [6.07, 6.45) is 0.00413. The van der Waals surface area contributed by atoms with Crippen LogP contribution in [-0.2, 0) is 4.74 Å². The first-order valence-corrected chi connectivity index (χ1v) is 6.82. The van der Waals surface area contributed by atoms with E-state index < -0.39 is 0 Å². The van der Waals surface area contributed by atoms with Crippen molar-refractivity contribution < 1.29 is 9.53 Å². The maximum Gasteiger partial charge on any atom is 0.170 e. The quantitative estimate of drug-likeness (QED) is 0.761. The van der Waals surface area contributed by atoms with Crippen LogP contribution in [0.25, 0.3) is 0 Å². The normalized spacial score (nSPS) is 31.6. The number of hydrogen-bond acceptors (Lipinski definition) is 2. The van der Waals surface area contributed by atoms with Crippen molar-refractivity contribution in [3.8, 4) is 0 Å². The Morgan fingerprint density at radius 1 is 1.17 bits per heavy atom. The Hall–Kier alpha value is -0.570. The summed E-state index contributed by atoms with van der Waals surface area (Å²) in [6, 6.07) is 4.97. The van der Waals surface area contributed by atoms with Crippen LogP contribution >= 0.6 is 23.2 Å². The fourth-order valence-electron chi connectivity index (χ4n) is 2.58. The van der Waals surface area contributed by atoms with Crippen molar-refractivity contribution in [2.75, 3.05) is 0 Å². The lowest BCUT2D eigenvalue weighted by Crippen LogP contribution is -2.27. The number of ether oxygens (including phenoxy) is 1. The highest BCUT2D eigenvalue weighted by Crippen LogP contribution is 2.36. The zero-order valence-corrected chi connectivity index (χ0v) is 12.1. The first-order valence-electron chi connectivity index (χ1n) is 6.06. The minimum Gasteiger partial charge on any atom is -0.374 e. The number of rotatable bonds is 2. The molecule has 1 heterocycles. The predicted octanol–water partition coefficient (Wildman–Crippen LogP) is 4.24. The molecule has 0 spiro atoms. The number of benzene rings is 1. The number of carbonyl (C=O) groups is 1. The third-order valence-corrected chi connectivity index (χ3v) is 4.30. The lowest BCUT2D eigenvalue weighted by molar-refractivity contribution is 0.0491. The lowest BCUT2D eigenvalue weighted by Gasteiger charge is -2.17. The van der Waals surface area contributed by atoms with Crippen LogP contribution in [0.4, 0.5) is 0 Å².